The number of fused-ring (bicyclic) bond motifs is 1. The van der Waals surface area contributed by atoms with Crippen LogP contribution >= 0.6 is 0 Å². The van der Waals surface area contributed by atoms with Gasteiger partial charge in [-0.15, -0.1) is 0 Å². The number of aromatic nitrogens is 1. The van der Waals surface area contributed by atoms with Gasteiger partial charge in [-0.1, -0.05) is 35.9 Å². The van der Waals surface area contributed by atoms with Crippen LogP contribution in [0.15, 0.2) is 82.5 Å². The van der Waals surface area contributed by atoms with E-state index in [1.807, 2.05) is 67.7 Å². The van der Waals surface area contributed by atoms with Crippen molar-refractivity contribution in [3.63, 3.8) is 0 Å². The first-order valence-electron chi connectivity index (χ1n) is 9.88. The van der Waals surface area contributed by atoms with Gasteiger partial charge in [0.05, 0.1) is 18.8 Å². The van der Waals surface area contributed by atoms with Crippen molar-refractivity contribution in [1.82, 2.24) is 9.88 Å². The lowest BCUT2D eigenvalue weighted by Gasteiger charge is -2.23. The Labute approximate surface area is 175 Å². The molecule has 0 aliphatic heterocycles. The summed E-state index contributed by atoms with van der Waals surface area (Å²) in [6, 6.07) is 17.6. The minimum Gasteiger partial charge on any atom is -0.496 e. The molecule has 0 saturated carbocycles. The Morgan fingerprint density at radius 1 is 1.00 bits per heavy atom. The zero-order valence-corrected chi connectivity index (χ0v) is 17.2. The van der Waals surface area contributed by atoms with Crippen LogP contribution in [-0.2, 0) is 19.6 Å². The van der Waals surface area contributed by atoms with Crippen molar-refractivity contribution in [2.45, 2.75) is 26.6 Å². The van der Waals surface area contributed by atoms with E-state index in [1.165, 1.54) is 0 Å². The van der Waals surface area contributed by atoms with Gasteiger partial charge < -0.3 is 9.15 Å². The Kier molecular flexibility index (Phi) is 5.91. The molecule has 5 nitrogen and oxygen atoms in total. The third-order valence-electron chi connectivity index (χ3n) is 5.11. The van der Waals surface area contributed by atoms with Crippen LogP contribution < -0.4 is 10.2 Å². The summed E-state index contributed by atoms with van der Waals surface area (Å²) in [6.45, 7) is 3.71. The third kappa shape index (κ3) is 4.42. The molecule has 30 heavy (non-hydrogen) atoms. The Morgan fingerprint density at radius 2 is 1.83 bits per heavy atom. The Hall–Kier alpha value is -3.44. The Morgan fingerprint density at radius 3 is 2.63 bits per heavy atom. The monoisotopic (exact) mass is 400 g/mol. The topological polar surface area (TPSA) is 55.6 Å². The Balaban J connectivity index is 1.68. The molecule has 0 amide bonds. The maximum atomic E-state index is 13.1. The van der Waals surface area contributed by atoms with Crippen LogP contribution in [0.3, 0.4) is 0 Å². The summed E-state index contributed by atoms with van der Waals surface area (Å²) in [5.74, 6) is 0.829. The highest BCUT2D eigenvalue weighted by Gasteiger charge is 2.15. The number of benzene rings is 2. The van der Waals surface area contributed by atoms with E-state index in [9.17, 15) is 4.79 Å². The van der Waals surface area contributed by atoms with Crippen molar-refractivity contribution in [3.8, 4) is 5.75 Å². The summed E-state index contributed by atoms with van der Waals surface area (Å²) < 4.78 is 11.3. The van der Waals surface area contributed by atoms with E-state index in [0.717, 1.165) is 22.4 Å². The summed E-state index contributed by atoms with van der Waals surface area (Å²) in [6.07, 6.45) is 5.19. The Bertz CT molecular complexity index is 1200. The van der Waals surface area contributed by atoms with E-state index in [2.05, 4.69) is 9.88 Å². The van der Waals surface area contributed by atoms with E-state index in [1.54, 1.807) is 19.6 Å². The normalized spacial score (nSPS) is 11.2. The molecule has 0 N–H and O–H groups in total. The summed E-state index contributed by atoms with van der Waals surface area (Å²) in [7, 11) is 1.67. The molecule has 0 fully saturated rings. The zero-order valence-electron chi connectivity index (χ0n) is 17.2. The second kappa shape index (κ2) is 8.93. The van der Waals surface area contributed by atoms with E-state index >= 15 is 0 Å². The number of hydrogen-bond donors (Lipinski definition) is 0. The number of ether oxygens (including phenoxy) is 1. The van der Waals surface area contributed by atoms with Crippen LogP contribution in [0.25, 0.3) is 11.0 Å². The number of aryl methyl sites for hydroxylation is 1. The van der Waals surface area contributed by atoms with Crippen molar-refractivity contribution in [2.75, 3.05) is 7.11 Å². The zero-order chi connectivity index (χ0) is 20.9. The van der Waals surface area contributed by atoms with Crippen LogP contribution in [0, 0.1) is 6.92 Å². The quantitative estimate of drug-likeness (QED) is 0.450. The lowest BCUT2D eigenvalue weighted by molar-refractivity contribution is 0.241. The molecule has 0 unspecified atom stereocenters. The predicted octanol–water partition coefficient (Wildman–Crippen LogP) is 4.71. The first kappa shape index (κ1) is 19.9. The molecule has 4 aromatic rings. The molecule has 0 aliphatic rings. The molecule has 0 aliphatic carbocycles. The first-order chi connectivity index (χ1) is 14.6. The van der Waals surface area contributed by atoms with E-state index < -0.39 is 0 Å². The number of methoxy groups -OCH3 is 1. The highest BCUT2D eigenvalue weighted by molar-refractivity contribution is 5.77. The van der Waals surface area contributed by atoms with Gasteiger partial charge in [-0.2, -0.15) is 0 Å². The minimum atomic E-state index is 0.0103. The molecule has 0 radical (unpaired) electrons. The maximum absolute atomic E-state index is 13.1. The van der Waals surface area contributed by atoms with Crippen LogP contribution in [0.5, 0.6) is 5.75 Å². The highest BCUT2D eigenvalue weighted by atomic mass is 16.5. The van der Waals surface area contributed by atoms with Gasteiger partial charge in [-0.25, -0.2) is 0 Å². The summed E-state index contributed by atoms with van der Waals surface area (Å²) >= 11 is 0. The van der Waals surface area contributed by atoms with Gasteiger partial charge in [0, 0.05) is 43.2 Å². The van der Waals surface area contributed by atoms with Gasteiger partial charge in [0.2, 0.25) is 0 Å². The van der Waals surface area contributed by atoms with Crippen LogP contribution in [0.1, 0.15) is 22.3 Å². The van der Waals surface area contributed by atoms with E-state index in [-0.39, 0.29) is 5.43 Å². The molecule has 152 valence electrons. The van der Waals surface area contributed by atoms with Gasteiger partial charge >= 0.3 is 0 Å². The molecule has 2 heterocycles. The number of para-hydroxylation sites is 1. The average molecular weight is 400 g/mol. The molecule has 0 saturated heterocycles. The molecule has 4 rings (SSSR count). The summed E-state index contributed by atoms with van der Waals surface area (Å²) in [4.78, 5) is 19.5. The first-order valence-corrected chi connectivity index (χ1v) is 9.88. The van der Waals surface area contributed by atoms with Crippen molar-refractivity contribution >= 4 is 11.0 Å². The summed E-state index contributed by atoms with van der Waals surface area (Å²) in [5.41, 5.74) is 4.42. The van der Waals surface area contributed by atoms with E-state index in [4.69, 9.17) is 9.15 Å². The second-order valence-electron chi connectivity index (χ2n) is 7.41. The summed E-state index contributed by atoms with van der Waals surface area (Å²) in [5, 5.41) is 0.617. The smallest absolute Gasteiger partial charge is 0.197 e. The molecule has 0 spiro atoms. The molecule has 2 aromatic carbocycles. The number of hydrogen-bond acceptors (Lipinski definition) is 5. The lowest BCUT2D eigenvalue weighted by Crippen LogP contribution is -2.26. The predicted molar refractivity (Wildman–Crippen MR) is 117 cm³/mol. The maximum Gasteiger partial charge on any atom is 0.197 e. The van der Waals surface area contributed by atoms with Gasteiger partial charge in [0.15, 0.2) is 5.43 Å². The third-order valence-corrected chi connectivity index (χ3v) is 5.11. The van der Waals surface area contributed by atoms with Gasteiger partial charge in [-0.3, -0.25) is 14.7 Å². The highest BCUT2D eigenvalue weighted by Crippen LogP contribution is 2.22. The molecular formula is C25H24N2O3. The van der Waals surface area contributed by atoms with Crippen molar-refractivity contribution in [2.24, 2.45) is 0 Å². The van der Waals surface area contributed by atoms with Crippen molar-refractivity contribution < 1.29 is 9.15 Å². The molecule has 0 bridgehead atoms. The van der Waals surface area contributed by atoms with Gasteiger partial charge in [0.25, 0.3) is 0 Å². The largest absolute Gasteiger partial charge is 0.496 e. The number of pyridine rings is 1. The fraction of sp³-hybridized carbons (Fsp3) is 0.200. The molecule has 0 atom stereocenters. The fourth-order valence-electron chi connectivity index (χ4n) is 3.63. The molecule has 2 aromatic heterocycles. The molecule has 5 heteroatoms. The number of nitrogens with zero attached hydrogens (tertiary/aromatic N) is 2. The minimum absolute atomic E-state index is 0.0103. The van der Waals surface area contributed by atoms with Gasteiger partial charge in [-0.05, 0) is 36.8 Å². The van der Waals surface area contributed by atoms with Gasteiger partial charge in [0.1, 0.15) is 11.3 Å². The van der Waals surface area contributed by atoms with Crippen molar-refractivity contribution in [3.05, 3.63) is 106 Å². The average Bonchev–Trinajstić information content (AvgIpc) is 2.77. The lowest BCUT2D eigenvalue weighted by atomic mass is 10.1. The fourth-order valence-corrected chi connectivity index (χ4v) is 3.63. The van der Waals surface area contributed by atoms with Crippen LogP contribution in [-0.4, -0.2) is 17.0 Å². The number of rotatable bonds is 7. The van der Waals surface area contributed by atoms with Crippen LogP contribution in [0.2, 0.25) is 0 Å². The SMILES string of the molecule is COc1ccccc1CN(Cc1cccnc1)Cc1coc2ccc(C)cc2c1=O. The van der Waals surface area contributed by atoms with Crippen molar-refractivity contribution in [1.29, 1.82) is 0 Å². The second-order valence-corrected chi connectivity index (χ2v) is 7.41. The standard InChI is InChI=1S/C25H24N2O3/c1-18-9-10-24-22(12-18)25(28)21(17-30-24)16-27(14-19-6-5-11-26-13-19)15-20-7-3-4-8-23(20)29-2/h3-13,17H,14-16H2,1-2H3. The van der Waals surface area contributed by atoms with E-state index in [0.29, 0.717) is 36.2 Å². The van der Waals surface area contributed by atoms with Crippen LogP contribution in [0.4, 0.5) is 0 Å². The molecular weight excluding hydrogens is 376 g/mol.